The molecular weight excluding hydrogens is 372 g/mol. The lowest BCUT2D eigenvalue weighted by Gasteiger charge is -2.15. The molecule has 0 aliphatic heterocycles. The van der Waals surface area contributed by atoms with Crippen molar-refractivity contribution in [3.63, 3.8) is 0 Å². The number of nitro groups is 2. The van der Waals surface area contributed by atoms with Gasteiger partial charge in [-0.1, -0.05) is 0 Å². The summed E-state index contributed by atoms with van der Waals surface area (Å²) in [6, 6.07) is 5.25. The van der Waals surface area contributed by atoms with E-state index >= 15 is 0 Å². The van der Waals surface area contributed by atoms with Crippen LogP contribution in [0, 0.1) is 20.2 Å². The minimum absolute atomic E-state index is 0.0384. The highest BCUT2D eigenvalue weighted by Crippen LogP contribution is 2.32. The topological polar surface area (TPSA) is 121 Å². The Balaban J connectivity index is 2.03. The minimum atomic E-state index is -0.688. The lowest BCUT2D eigenvalue weighted by molar-refractivity contribution is -0.394. The molecule has 3 aromatic rings. The van der Waals surface area contributed by atoms with Crippen LogP contribution in [-0.4, -0.2) is 25.2 Å². The molecule has 138 valence electrons. The minimum Gasteiger partial charge on any atom is -0.332 e. The summed E-state index contributed by atoms with van der Waals surface area (Å²) >= 11 is 1.41. The van der Waals surface area contributed by atoms with E-state index in [9.17, 15) is 25.0 Å². The number of carbonyl (C=O) groups is 1. The number of hydrogen-bond donors (Lipinski definition) is 0. The number of imidazole rings is 1. The molecule has 0 amide bonds. The van der Waals surface area contributed by atoms with E-state index in [0.717, 1.165) is 11.6 Å². The number of non-ortho nitro benzene ring substituents is 1. The fourth-order valence-corrected chi connectivity index (χ4v) is 3.54. The number of aromatic nitrogens is 2. The Morgan fingerprint density at radius 1 is 1.26 bits per heavy atom. The van der Waals surface area contributed by atoms with Crippen molar-refractivity contribution in [3.05, 3.63) is 84.6 Å². The van der Waals surface area contributed by atoms with Crippen LogP contribution >= 0.6 is 11.3 Å². The van der Waals surface area contributed by atoms with Gasteiger partial charge in [-0.2, -0.15) is 11.3 Å². The summed E-state index contributed by atoms with van der Waals surface area (Å²) in [6.07, 6.45) is 3.19. The Morgan fingerprint density at radius 2 is 2.04 bits per heavy atom. The zero-order valence-corrected chi connectivity index (χ0v) is 15.0. The molecule has 0 radical (unpaired) electrons. The number of nitrogens with zero attached hydrogens (tertiary/aromatic N) is 4. The van der Waals surface area contributed by atoms with E-state index in [4.69, 9.17) is 0 Å². The fraction of sp³-hybridized carbons (Fsp3) is 0.176. The van der Waals surface area contributed by atoms with Crippen LogP contribution < -0.4 is 0 Å². The van der Waals surface area contributed by atoms with Gasteiger partial charge in [-0.05, 0) is 34.9 Å². The maximum absolute atomic E-state index is 13.0. The first-order valence-electron chi connectivity index (χ1n) is 7.84. The van der Waals surface area contributed by atoms with Crippen LogP contribution in [0.2, 0.25) is 0 Å². The van der Waals surface area contributed by atoms with Gasteiger partial charge in [0.15, 0.2) is 5.82 Å². The summed E-state index contributed by atoms with van der Waals surface area (Å²) in [5.74, 6) is -0.707. The van der Waals surface area contributed by atoms with Crippen molar-refractivity contribution in [2.75, 3.05) is 0 Å². The molecule has 3 rings (SSSR count). The van der Waals surface area contributed by atoms with Gasteiger partial charge < -0.3 is 4.57 Å². The van der Waals surface area contributed by atoms with Gasteiger partial charge in [0.1, 0.15) is 0 Å². The van der Waals surface area contributed by atoms with Gasteiger partial charge in [0.25, 0.3) is 11.4 Å². The Kier molecular flexibility index (Phi) is 5.08. The van der Waals surface area contributed by atoms with Crippen LogP contribution in [0.15, 0.2) is 47.4 Å². The molecule has 1 aromatic carbocycles. The molecule has 0 saturated heterocycles. The van der Waals surface area contributed by atoms with Gasteiger partial charge in [0.2, 0.25) is 5.78 Å². The summed E-state index contributed by atoms with van der Waals surface area (Å²) in [7, 11) is 1.69. The highest BCUT2D eigenvalue weighted by Gasteiger charge is 2.29. The monoisotopic (exact) mass is 386 g/mol. The summed E-state index contributed by atoms with van der Waals surface area (Å²) in [5.41, 5.74) is 0.232. The average molecular weight is 386 g/mol. The first-order valence-corrected chi connectivity index (χ1v) is 8.78. The van der Waals surface area contributed by atoms with Crippen molar-refractivity contribution in [2.45, 2.75) is 12.3 Å². The van der Waals surface area contributed by atoms with E-state index in [1.807, 2.05) is 10.8 Å². The number of hydrogen-bond acceptors (Lipinski definition) is 7. The Bertz CT molecular complexity index is 1010. The number of aryl methyl sites for hydroxylation is 1. The van der Waals surface area contributed by atoms with Crippen LogP contribution in [0.1, 0.15) is 27.7 Å². The first kappa shape index (κ1) is 18.4. The van der Waals surface area contributed by atoms with E-state index in [0.29, 0.717) is 0 Å². The molecule has 2 heterocycles. The predicted molar refractivity (Wildman–Crippen MR) is 98.1 cm³/mol. The zero-order valence-electron chi connectivity index (χ0n) is 14.1. The van der Waals surface area contributed by atoms with Gasteiger partial charge in [-0.3, -0.25) is 25.0 Å². The smallest absolute Gasteiger partial charge is 0.279 e. The van der Waals surface area contributed by atoms with Crippen molar-refractivity contribution >= 4 is 28.5 Å². The van der Waals surface area contributed by atoms with Gasteiger partial charge in [0.05, 0.1) is 21.8 Å². The van der Waals surface area contributed by atoms with Crippen LogP contribution in [0.25, 0.3) is 0 Å². The molecular formula is C17H14N4O5S. The third-order valence-electron chi connectivity index (χ3n) is 4.20. The summed E-state index contributed by atoms with van der Waals surface area (Å²) in [4.78, 5) is 38.1. The van der Waals surface area contributed by atoms with E-state index in [1.165, 1.54) is 29.7 Å². The van der Waals surface area contributed by atoms with E-state index < -0.39 is 15.8 Å². The molecule has 0 N–H and O–H groups in total. The highest BCUT2D eigenvalue weighted by atomic mass is 32.1. The highest BCUT2D eigenvalue weighted by molar-refractivity contribution is 7.08. The molecule has 0 spiro atoms. The molecule has 0 saturated carbocycles. The van der Waals surface area contributed by atoms with Crippen molar-refractivity contribution in [1.82, 2.24) is 9.55 Å². The lowest BCUT2D eigenvalue weighted by atomic mass is 9.89. The van der Waals surface area contributed by atoms with Crippen molar-refractivity contribution in [3.8, 4) is 0 Å². The number of ketones is 1. The van der Waals surface area contributed by atoms with Crippen LogP contribution in [0.5, 0.6) is 0 Å². The van der Waals surface area contributed by atoms with Crippen LogP contribution in [0.4, 0.5) is 11.4 Å². The number of rotatable bonds is 7. The summed E-state index contributed by atoms with van der Waals surface area (Å²) in [6.45, 7) is 0. The molecule has 27 heavy (non-hydrogen) atoms. The first-order chi connectivity index (χ1) is 12.9. The maximum atomic E-state index is 13.0. The Hall–Kier alpha value is -3.40. The molecule has 0 fully saturated rings. The average Bonchev–Trinajstić information content (AvgIpc) is 3.30. The second-order valence-electron chi connectivity index (χ2n) is 5.87. The van der Waals surface area contributed by atoms with Crippen molar-refractivity contribution in [1.29, 1.82) is 0 Å². The zero-order chi connectivity index (χ0) is 19.6. The molecule has 0 unspecified atom stereocenters. The van der Waals surface area contributed by atoms with Gasteiger partial charge >= 0.3 is 0 Å². The van der Waals surface area contributed by atoms with Crippen molar-refractivity contribution in [2.24, 2.45) is 7.05 Å². The standard InChI is InChI=1S/C17H14N4O5S/c1-19-6-5-18-17(19)16(22)14(12-4-7-27-10-12)8-11-2-3-13(20(23)24)9-15(11)21(25)26/h2-7,9-10,14H,8H2,1H3/t14-/m1/s1. The normalized spacial score (nSPS) is 11.9. The van der Waals surface area contributed by atoms with Crippen LogP contribution in [-0.2, 0) is 13.5 Å². The van der Waals surface area contributed by atoms with Crippen molar-refractivity contribution < 1.29 is 14.6 Å². The second kappa shape index (κ2) is 7.46. The predicted octanol–water partition coefficient (Wildman–Crippen LogP) is 3.51. The Morgan fingerprint density at radius 3 is 2.59 bits per heavy atom. The summed E-state index contributed by atoms with van der Waals surface area (Å²) in [5, 5.41) is 25.9. The Labute approximate surface area is 157 Å². The summed E-state index contributed by atoms with van der Waals surface area (Å²) < 4.78 is 1.59. The van der Waals surface area contributed by atoms with E-state index in [1.54, 1.807) is 23.9 Å². The lowest BCUT2D eigenvalue weighted by Crippen LogP contribution is -2.19. The van der Waals surface area contributed by atoms with Gasteiger partial charge in [-0.25, -0.2) is 4.98 Å². The largest absolute Gasteiger partial charge is 0.332 e. The molecule has 1 atom stereocenters. The molecule has 10 heteroatoms. The third-order valence-corrected chi connectivity index (χ3v) is 4.91. The SMILES string of the molecule is Cn1ccnc1C(=O)[C@H](Cc1ccc([N+](=O)[O-])cc1[N+](=O)[O-])c1ccsc1. The number of nitro benzene ring substituents is 2. The third kappa shape index (κ3) is 3.75. The fourth-order valence-electron chi connectivity index (χ4n) is 2.82. The quantitative estimate of drug-likeness (QED) is 0.348. The van der Waals surface area contributed by atoms with Gasteiger partial charge in [0, 0.05) is 31.1 Å². The number of benzene rings is 1. The number of Topliss-reactive ketones (excluding diaryl/α,β-unsaturated/α-hetero) is 1. The van der Waals surface area contributed by atoms with E-state index in [-0.39, 0.29) is 35.0 Å². The van der Waals surface area contributed by atoms with Gasteiger partial charge in [-0.15, -0.1) is 0 Å². The number of carbonyl (C=O) groups excluding carboxylic acids is 1. The van der Waals surface area contributed by atoms with Crippen LogP contribution in [0.3, 0.4) is 0 Å². The maximum Gasteiger partial charge on any atom is 0.279 e. The molecule has 0 aliphatic rings. The molecule has 0 aliphatic carbocycles. The molecule has 2 aromatic heterocycles. The second-order valence-corrected chi connectivity index (χ2v) is 6.65. The molecule has 9 nitrogen and oxygen atoms in total. The number of thiophene rings is 1. The molecule has 0 bridgehead atoms. The van der Waals surface area contributed by atoms with E-state index in [2.05, 4.69) is 4.98 Å².